The van der Waals surface area contributed by atoms with Crippen molar-refractivity contribution in [1.29, 1.82) is 0 Å². The molecule has 0 aromatic rings. The molecule has 4 rings (SSSR count). The van der Waals surface area contributed by atoms with Crippen LogP contribution in [0.25, 0.3) is 0 Å². The van der Waals surface area contributed by atoms with Crippen molar-refractivity contribution in [2.45, 2.75) is 84.0 Å². The third kappa shape index (κ3) is 4.62. The number of hydrogen-bond acceptors (Lipinski definition) is 8. The Bertz CT molecular complexity index is 1150. The van der Waals surface area contributed by atoms with E-state index in [9.17, 15) is 29.7 Å². The standard InChI is InChI=1S/C32H44O8/c1-6-7-8-9-10-11-12-13-26(36)39-29-20(3)31(38)24-14-19(2)27(37)23(24)15-22(17-33)16-25(31)28-30(5,18-34)32(28,29)40-21(4)35/h10-14,16,20,23-25,28-29,33-34,38H,6-9,15,17-18H2,1-5H3/b11-10+,13-12+/t20-,23+,24-,25-,28-,29-,30-,31+,32-/m1/s1. The van der Waals surface area contributed by atoms with Gasteiger partial charge in [-0.1, -0.05) is 64.0 Å². The number of carbonyl (C=O) groups is 3. The first-order chi connectivity index (χ1) is 18.9. The van der Waals surface area contributed by atoms with Crippen LogP contribution in [0.3, 0.4) is 0 Å². The average Bonchev–Trinajstić information content (AvgIpc) is 3.36. The number of allylic oxidation sites excluding steroid dienone is 4. The lowest BCUT2D eigenvalue weighted by Crippen LogP contribution is -2.63. The number of unbranched alkanes of at least 4 members (excludes halogenated alkanes) is 3. The third-order valence-electron chi connectivity index (χ3n) is 10.0. The summed E-state index contributed by atoms with van der Waals surface area (Å²) in [6.45, 7) is 7.99. The molecule has 4 aliphatic carbocycles. The first kappa shape index (κ1) is 30.4. The average molecular weight is 557 g/mol. The van der Waals surface area contributed by atoms with Crippen LogP contribution in [0.15, 0.2) is 47.6 Å². The number of hydrogen-bond donors (Lipinski definition) is 3. The van der Waals surface area contributed by atoms with E-state index in [0.717, 1.165) is 25.7 Å². The van der Waals surface area contributed by atoms with Crippen molar-refractivity contribution in [1.82, 2.24) is 0 Å². The second-order valence-corrected chi connectivity index (χ2v) is 12.3. The number of aliphatic hydroxyl groups excluding tert-OH is 2. The number of ether oxygens (including phenoxy) is 2. The monoisotopic (exact) mass is 556 g/mol. The molecule has 0 saturated heterocycles. The molecule has 3 N–H and O–H groups in total. The Labute approximate surface area is 236 Å². The van der Waals surface area contributed by atoms with Crippen molar-refractivity contribution in [3.8, 4) is 0 Å². The highest BCUT2D eigenvalue weighted by molar-refractivity contribution is 6.00. The van der Waals surface area contributed by atoms with E-state index in [1.54, 1.807) is 45.1 Å². The fourth-order valence-corrected chi connectivity index (χ4v) is 8.01. The minimum absolute atomic E-state index is 0.0784. The zero-order chi connectivity index (χ0) is 29.5. The second-order valence-electron chi connectivity index (χ2n) is 12.3. The van der Waals surface area contributed by atoms with Crippen molar-refractivity contribution in [2.24, 2.45) is 35.0 Å². The van der Waals surface area contributed by atoms with Crippen LogP contribution in [0, 0.1) is 35.0 Å². The van der Waals surface area contributed by atoms with Crippen LogP contribution in [-0.4, -0.2) is 63.6 Å². The van der Waals surface area contributed by atoms with Gasteiger partial charge in [0.05, 0.1) is 18.8 Å². The van der Waals surface area contributed by atoms with E-state index in [-0.39, 0.29) is 19.0 Å². The molecule has 0 radical (unpaired) electrons. The van der Waals surface area contributed by atoms with Crippen molar-refractivity contribution in [3.63, 3.8) is 0 Å². The maximum atomic E-state index is 13.2. The van der Waals surface area contributed by atoms with Crippen molar-refractivity contribution in [3.05, 3.63) is 47.6 Å². The van der Waals surface area contributed by atoms with Crippen molar-refractivity contribution < 1.29 is 39.2 Å². The summed E-state index contributed by atoms with van der Waals surface area (Å²) in [5.74, 6) is -4.53. The van der Waals surface area contributed by atoms with E-state index < -0.39 is 64.2 Å². The van der Waals surface area contributed by atoms with Gasteiger partial charge in [-0.15, -0.1) is 0 Å². The summed E-state index contributed by atoms with van der Waals surface area (Å²) in [7, 11) is 0. The highest BCUT2D eigenvalue weighted by Gasteiger charge is 2.88. The highest BCUT2D eigenvalue weighted by Crippen LogP contribution is 2.76. The van der Waals surface area contributed by atoms with Crippen LogP contribution in [0.2, 0.25) is 0 Å². The Morgan fingerprint density at radius 1 is 1.15 bits per heavy atom. The first-order valence-electron chi connectivity index (χ1n) is 14.5. The summed E-state index contributed by atoms with van der Waals surface area (Å²) in [6.07, 6.45) is 13.7. The highest BCUT2D eigenvalue weighted by atomic mass is 16.6. The number of carbonyl (C=O) groups excluding carboxylic acids is 3. The second kappa shape index (κ2) is 11.4. The van der Waals surface area contributed by atoms with E-state index in [2.05, 4.69) is 6.92 Å². The lowest BCUT2D eigenvalue weighted by Gasteiger charge is -2.52. The van der Waals surface area contributed by atoms with Crippen LogP contribution in [0.4, 0.5) is 0 Å². The van der Waals surface area contributed by atoms with E-state index in [1.807, 2.05) is 6.08 Å². The number of esters is 2. The molecule has 0 bridgehead atoms. The van der Waals surface area contributed by atoms with Gasteiger partial charge in [-0.05, 0) is 37.3 Å². The zero-order valence-corrected chi connectivity index (χ0v) is 24.3. The maximum Gasteiger partial charge on any atom is 0.331 e. The summed E-state index contributed by atoms with van der Waals surface area (Å²) in [5.41, 5.74) is -2.82. The van der Waals surface area contributed by atoms with Crippen LogP contribution >= 0.6 is 0 Å². The molecule has 8 heteroatoms. The molecule has 2 fully saturated rings. The first-order valence-corrected chi connectivity index (χ1v) is 14.5. The third-order valence-corrected chi connectivity index (χ3v) is 10.0. The molecule has 4 aliphatic rings. The molecule has 0 aliphatic heterocycles. The molecular formula is C32H44O8. The van der Waals surface area contributed by atoms with Gasteiger partial charge >= 0.3 is 11.9 Å². The Kier molecular flexibility index (Phi) is 8.65. The molecular weight excluding hydrogens is 512 g/mol. The van der Waals surface area contributed by atoms with E-state index in [1.165, 1.54) is 13.0 Å². The fraction of sp³-hybridized carbons (Fsp3) is 0.656. The van der Waals surface area contributed by atoms with E-state index in [4.69, 9.17) is 9.47 Å². The van der Waals surface area contributed by atoms with Crippen LogP contribution in [0.1, 0.15) is 66.7 Å². The van der Waals surface area contributed by atoms with Crippen LogP contribution < -0.4 is 0 Å². The summed E-state index contributed by atoms with van der Waals surface area (Å²) < 4.78 is 12.0. The zero-order valence-electron chi connectivity index (χ0n) is 24.3. The molecule has 0 spiro atoms. The molecule has 0 heterocycles. The maximum absolute atomic E-state index is 13.2. The van der Waals surface area contributed by atoms with Gasteiger partial charge in [-0.2, -0.15) is 0 Å². The molecule has 0 unspecified atom stereocenters. The molecule has 0 amide bonds. The van der Waals surface area contributed by atoms with Gasteiger partial charge in [0.15, 0.2) is 11.4 Å². The van der Waals surface area contributed by atoms with Gasteiger partial charge in [0.25, 0.3) is 0 Å². The molecule has 220 valence electrons. The van der Waals surface area contributed by atoms with Gasteiger partial charge in [0.2, 0.25) is 0 Å². The normalized spacial score (nSPS) is 40.1. The summed E-state index contributed by atoms with van der Waals surface area (Å²) in [5, 5.41) is 33.5. The predicted octanol–water partition coefficient (Wildman–Crippen LogP) is 3.60. The number of ketones is 1. The fourth-order valence-electron chi connectivity index (χ4n) is 8.01. The molecule has 8 nitrogen and oxygen atoms in total. The predicted molar refractivity (Wildman–Crippen MR) is 149 cm³/mol. The number of aliphatic hydroxyl groups is 3. The number of Topliss-reactive ketones (excluding diaryl/α,β-unsaturated/α-hetero) is 1. The molecule has 9 atom stereocenters. The minimum Gasteiger partial charge on any atom is -0.454 e. The topological polar surface area (TPSA) is 130 Å². The van der Waals surface area contributed by atoms with Gasteiger partial charge in [0.1, 0.15) is 6.10 Å². The lowest BCUT2D eigenvalue weighted by molar-refractivity contribution is -0.218. The molecule has 0 aromatic heterocycles. The van der Waals surface area contributed by atoms with E-state index in [0.29, 0.717) is 17.6 Å². The number of fused-ring (bicyclic) bond motifs is 5. The molecule has 40 heavy (non-hydrogen) atoms. The van der Waals surface area contributed by atoms with Crippen molar-refractivity contribution >= 4 is 17.7 Å². The summed E-state index contributed by atoms with van der Waals surface area (Å²) >= 11 is 0. The minimum atomic E-state index is -1.57. The Hall–Kier alpha value is -2.55. The Morgan fingerprint density at radius 3 is 2.50 bits per heavy atom. The van der Waals surface area contributed by atoms with Gasteiger partial charge < -0.3 is 24.8 Å². The van der Waals surface area contributed by atoms with E-state index >= 15 is 0 Å². The molecule has 2 saturated carbocycles. The van der Waals surface area contributed by atoms with Crippen LogP contribution in [0.5, 0.6) is 0 Å². The van der Waals surface area contributed by atoms with Gasteiger partial charge in [-0.25, -0.2) is 4.79 Å². The SMILES string of the molecule is CCCCC/C=C/C=C/C(=O)O[C@@H]1[C@@H](C)[C@]2(O)[C@@H]3C=C(C)C(=O)[C@H]3CC(CO)=C[C@@H]2[C@H]2[C@]1(OC(C)=O)[C@]2(C)CO. The summed E-state index contributed by atoms with van der Waals surface area (Å²) in [6, 6.07) is 0. The Morgan fingerprint density at radius 2 is 1.88 bits per heavy atom. The summed E-state index contributed by atoms with van der Waals surface area (Å²) in [4.78, 5) is 38.7. The molecule has 0 aromatic carbocycles. The largest absolute Gasteiger partial charge is 0.454 e. The van der Waals surface area contributed by atoms with Gasteiger partial charge in [0, 0.05) is 48.0 Å². The lowest BCUT2D eigenvalue weighted by atomic mass is 9.60. The quantitative estimate of drug-likeness (QED) is 0.122. The van der Waals surface area contributed by atoms with Crippen LogP contribution in [-0.2, 0) is 23.9 Å². The van der Waals surface area contributed by atoms with Crippen molar-refractivity contribution in [2.75, 3.05) is 13.2 Å². The smallest absolute Gasteiger partial charge is 0.331 e. The Balaban J connectivity index is 1.75. The van der Waals surface area contributed by atoms with Gasteiger partial charge in [-0.3, -0.25) is 9.59 Å². The number of rotatable bonds is 10.